The maximum Gasteiger partial charge on any atom is 0.244 e. The van der Waals surface area contributed by atoms with Crippen LogP contribution in [-0.4, -0.2) is 55.5 Å². The predicted molar refractivity (Wildman–Crippen MR) is 110 cm³/mol. The largest absolute Gasteiger partial charge is 0.341 e. The van der Waals surface area contributed by atoms with Gasteiger partial charge in [-0.1, -0.05) is 44.2 Å². The lowest BCUT2D eigenvalue weighted by Gasteiger charge is -2.37. The van der Waals surface area contributed by atoms with Gasteiger partial charge in [0.1, 0.15) is 6.04 Å². The summed E-state index contributed by atoms with van der Waals surface area (Å²) in [5, 5.41) is 3.25. The van der Waals surface area contributed by atoms with E-state index in [1.54, 1.807) is 0 Å². The highest BCUT2D eigenvalue weighted by Gasteiger charge is 2.31. The van der Waals surface area contributed by atoms with Gasteiger partial charge < -0.3 is 10.2 Å². The number of amides is 1. The van der Waals surface area contributed by atoms with E-state index in [-0.39, 0.29) is 36.8 Å². The van der Waals surface area contributed by atoms with Crippen molar-refractivity contribution in [2.24, 2.45) is 5.92 Å². The van der Waals surface area contributed by atoms with Crippen LogP contribution >= 0.6 is 24.8 Å². The van der Waals surface area contributed by atoms with Crippen LogP contribution in [0.3, 0.4) is 0 Å². The molecule has 1 aliphatic heterocycles. The normalized spacial score (nSPS) is 16.1. The van der Waals surface area contributed by atoms with Crippen molar-refractivity contribution in [3.05, 3.63) is 35.9 Å². The van der Waals surface area contributed by atoms with E-state index in [2.05, 4.69) is 41.1 Å². The second kappa shape index (κ2) is 12.5. The number of likely N-dealkylation sites (N-methyl/N-ethyl adjacent to an activating group) is 1. The molecule has 0 aliphatic carbocycles. The number of hydrogen-bond donors (Lipinski definition) is 1. The number of carbonyl (C=O) groups is 1. The minimum absolute atomic E-state index is 0. The van der Waals surface area contributed by atoms with Crippen LogP contribution in [-0.2, 0) is 4.79 Å². The zero-order valence-corrected chi connectivity index (χ0v) is 17.2. The van der Waals surface area contributed by atoms with Crippen molar-refractivity contribution in [3.8, 4) is 0 Å². The molecule has 1 heterocycles. The van der Waals surface area contributed by atoms with Crippen LogP contribution in [0.2, 0.25) is 0 Å². The van der Waals surface area contributed by atoms with Crippen LogP contribution in [0.4, 0.5) is 0 Å². The Morgan fingerprint density at radius 3 is 2.20 bits per heavy atom. The molecule has 1 N–H and O–H groups in total. The van der Waals surface area contributed by atoms with Gasteiger partial charge in [-0.15, -0.1) is 24.8 Å². The van der Waals surface area contributed by atoms with Crippen molar-refractivity contribution >= 4 is 30.7 Å². The van der Waals surface area contributed by atoms with Gasteiger partial charge in [-0.2, -0.15) is 0 Å². The van der Waals surface area contributed by atoms with E-state index < -0.39 is 0 Å². The highest BCUT2D eigenvalue weighted by molar-refractivity contribution is 5.85. The van der Waals surface area contributed by atoms with Crippen molar-refractivity contribution in [3.63, 3.8) is 0 Å². The van der Waals surface area contributed by atoms with Crippen molar-refractivity contribution in [1.82, 2.24) is 15.1 Å². The molecule has 1 fully saturated rings. The van der Waals surface area contributed by atoms with E-state index in [9.17, 15) is 4.79 Å². The summed E-state index contributed by atoms with van der Waals surface area (Å²) in [4.78, 5) is 17.5. The Morgan fingerprint density at radius 1 is 1.16 bits per heavy atom. The molecule has 1 saturated heterocycles. The van der Waals surface area contributed by atoms with E-state index in [1.165, 1.54) is 0 Å². The van der Waals surface area contributed by atoms with Gasteiger partial charge in [0, 0.05) is 13.1 Å². The first kappa shape index (κ1) is 24.2. The first-order valence-electron chi connectivity index (χ1n) is 8.93. The number of piperidine rings is 1. The molecule has 1 aromatic rings. The topological polar surface area (TPSA) is 35.6 Å². The van der Waals surface area contributed by atoms with E-state index in [1.807, 2.05) is 25.2 Å². The molecule has 1 aromatic carbocycles. The Kier molecular flexibility index (Phi) is 12.1. The van der Waals surface area contributed by atoms with Crippen LogP contribution in [0.5, 0.6) is 0 Å². The third kappa shape index (κ3) is 6.45. The summed E-state index contributed by atoms with van der Waals surface area (Å²) in [7, 11) is 2.00. The molecular weight excluding hydrogens is 357 g/mol. The molecule has 1 amide bonds. The van der Waals surface area contributed by atoms with E-state index in [4.69, 9.17) is 0 Å². The third-order valence-corrected chi connectivity index (χ3v) is 4.95. The second-order valence-electron chi connectivity index (χ2n) is 6.36. The molecule has 0 radical (unpaired) electrons. The fourth-order valence-corrected chi connectivity index (χ4v) is 3.55. The number of halogens is 2. The summed E-state index contributed by atoms with van der Waals surface area (Å²) in [5.41, 5.74) is 1.11. The first-order chi connectivity index (χ1) is 11.2. The van der Waals surface area contributed by atoms with E-state index in [0.29, 0.717) is 5.92 Å². The van der Waals surface area contributed by atoms with Gasteiger partial charge in [0.15, 0.2) is 0 Å². The summed E-state index contributed by atoms with van der Waals surface area (Å²) in [6.07, 6.45) is 2.21. The number of nitrogens with one attached hydrogen (secondary N) is 1. The van der Waals surface area contributed by atoms with Gasteiger partial charge in [-0.3, -0.25) is 9.69 Å². The predicted octanol–water partition coefficient (Wildman–Crippen LogP) is 3.37. The molecule has 2 rings (SSSR count). The number of likely N-dealkylation sites (tertiary alicyclic amines) is 1. The molecule has 1 unspecified atom stereocenters. The molecule has 0 aromatic heterocycles. The summed E-state index contributed by atoms with van der Waals surface area (Å²) in [6.45, 7) is 8.86. The molecule has 0 saturated carbocycles. The Labute approximate surface area is 165 Å². The maximum absolute atomic E-state index is 13.2. The third-order valence-electron chi connectivity index (χ3n) is 4.95. The fourth-order valence-electron chi connectivity index (χ4n) is 3.55. The smallest absolute Gasteiger partial charge is 0.244 e. The van der Waals surface area contributed by atoms with Crippen LogP contribution in [0.25, 0.3) is 0 Å². The zero-order chi connectivity index (χ0) is 16.7. The molecular formula is C19H33Cl2N3O. The molecule has 144 valence electrons. The monoisotopic (exact) mass is 389 g/mol. The van der Waals surface area contributed by atoms with Crippen molar-refractivity contribution in [2.45, 2.75) is 32.7 Å². The average Bonchev–Trinajstić information content (AvgIpc) is 2.60. The molecule has 1 aliphatic rings. The lowest BCUT2D eigenvalue weighted by Crippen LogP contribution is -2.47. The highest BCUT2D eigenvalue weighted by Crippen LogP contribution is 2.26. The fraction of sp³-hybridized carbons (Fsp3) is 0.632. The number of carbonyl (C=O) groups excluding carboxylic acids is 1. The Hall–Kier alpha value is -0.810. The SMILES string of the molecule is CCN(CC)C(C(=O)N1CCC(CNC)CC1)c1ccccc1.Cl.Cl. The van der Waals surface area contributed by atoms with Gasteiger partial charge in [0.05, 0.1) is 0 Å². The van der Waals surface area contributed by atoms with Gasteiger partial charge in [-0.25, -0.2) is 0 Å². The van der Waals surface area contributed by atoms with Gasteiger partial charge in [-0.05, 0) is 51.0 Å². The molecule has 6 heteroatoms. The van der Waals surface area contributed by atoms with Crippen LogP contribution in [0.15, 0.2) is 30.3 Å². The van der Waals surface area contributed by atoms with Crippen molar-refractivity contribution in [2.75, 3.05) is 39.8 Å². The lowest BCUT2D eigenvalue weighted by atomic mass is 9.95. The molecule has 25 heavy (non-hydrogen) atoms. The first-order valence-corrected chi connectivity index (χ1v) is 8.93. The average molecular weight is 390 g/mol. The van der Waals surface area contributed by atoms with Crippen LogP contribution < -0.4 is 5.32 Å². The van der Waals surface area contributed by atoms with E-state index >= 15 is 0 Å². The quantitative estimate of drug-likeness (QED) is 0.776. The second-order valence-corrected chi connectivity index (χ2v) is 6.36. The minimum atomic E-state index is -0.146. The van der Waals surface area contributed by atoms with Gasteiger partial charge in [0.2, 0.25) is 5.91 Å². The van der Waals surface area contributed by atoms with E-state index in [0.717, 1.165) is 51.1 Å². The zero-order valence-electron chi connectivity index (χ0n) is 15.6. The van der Waals surface area contributed by atoms with Crippen molar-refractivity contribution in [1.29, 1.82) is 0 Å². The van der Waals surface area contributed by atoms with Crippen molar-refractivity contribution < 1.29 is 4.79 Å². The summed E-state index contributed by atoms with van der Waals surface area (Å²) < 4.78 is 0. The number of benzene rings is 1. The lowest BCUT2D eigenvalue weighted by molar-refractivity contribution is -0.138. The number of hydrogen-bond acceptors (Lipinski definition) is 3. The summed E-state index contributed by atoms with van der Waals surface area (Å²) >= 11 is 0. The maximum atomic E-state index is 13.2. The highest BCUT2D eigenvalue weighted by atomic mass is 35.5. The Bertz CT molecular complexity index is 475. The molecule has 4 nitrogen and oxygen atoms in total. The van der Waals surface area contributed by atoms with Gasteiger partial charge >= 0.3 is 0 Å². The summed E-state index contributed by atoms with van der Waals surface area (Å²) in [5.74, 6) is 0.968. The molecule has 0 spiro atoms. The summed E-state index contributed by atoms with van der Waals surface area (Å²) in [6, 6.07) is 10.1. The standard InChI is InChI=1S/C19H31N3O.2ClH/c1-4-21(5-2)18(17-9-7-6-8-10-17)19(23)22-13-11-16(12-14-22)15-20-3;;/h6-10,16,18,20H,4-5,11-15H2,1-3H3;2*1H. The molecule has 1 atom stereocenters. The van der Waals surface area contributed by atoms with Crippen LogP contribution in [0.1, 0.15) is 38.3 Å². The van der Waals surface area contributed by atoms with Crippen LogP contribution in [0, 0.1) is 5.92 Å². The number of rotatable bonds is 7. The minimum Gasteiger partial charge on any atom is -0.341 e. The number of nitrogens with zero attached hydrogens (tertiary/aromatic N) is 2. The molecule has 0 bridgehead atoms. The Balaban J connectivity index is 0.00000288. The van der Waals surface area contributed by atoms with Gasteiger partial charge in [0.25, 0.3) is 0 Å². The Morgan fingerprint density at radius 2 is 1.72 bits per heavy atom.